The summed E-state index contributed by atoms with van der Waals surface area (Å²) in [6.07, 6.45) is 9.19. The largest absolute Gasteiger partial charge is 0.492 e. The van der Waals surface area contributed by atoms with Crippen molar-refractivity contribution < 1.29 is 23.4 Å². The Morgan fingerprint density at radius 1 is 0.769 bits per heavy atom. The Morgan fingerprint density at radius 2 is 1.52 bits per heavy atom. The molecule has 0 spiro atoms. The van der Waals surface area contributed by atoms with Gasteiger partial charge in [-0.2, -0.15) is 0 Å². The SMILES string of the molecule is O=C(c1ccc(OC2CCCCC2N2CCCC2)c(F)c1)c1c(-c2ccc(OCCN3CCCC3)cc2)sc2cc(OCc3ccccc3)ccc12. The van der Waals surface area contributed by atoms with E-state index < -0.39 is 5.82 Å². The molecular formula is C44H47FN2O4S. The van der Waals surface area contributed by atoms with E-state index in [1.165, 1.54) is 38.2 Å². The van der Waals surface area contributed by atoms with Gasteiger partial charge in [0.15, 0.2) is 17.3 Å². The Hall–Kier alpha value is -4.24. The summed E-state index contributed by atoms with van der Waals surface area (Å²) in [6, 6.07) is 28.9. The fraction of sp³-hybridized carbons (Fsp3) is 0.386. The third-order valence-electron chi connectivity index (χ3n) is 10.9. The maximum absolute atomic E-state index is 15.8. The summed E-state index contributed by atoms with van der Waals surface area (Å²) in [5, 5.41) is 0.819. The number of halogens is 1. The molecule has 5 aromatic rings. The number of ketones is 1. The molecule has 4 aromatic carbocycles. The van der Waals surface area contributed by atoms with Crippen LogP contribution in [0.2, 0.25) is 0 Å². The molecule has 1 aromatic heterocycles. The van der Waals surface area contributed by atoms with Gasteiger partial charge in [-0.1, -0.05) is 36.8 Å². The van der Waals surface area contributed by atoms with Crippen molar-refractivity contribution in [2.45, 2.75) is 70.1 Å². The molecule has 1 aliphatic carbocycles. The van der Waals surface area contributed by atoms with Crippen molar-refractivity contribution >= 4 is 27.2 Å². The van der Waals surface area contributed by atoms with E-state index in [1.807, 2.05) is 72.8 Å². The lowest BCUT2D eigenvalue weighted by Gasteiger charge is -2.37. The monoisotopic (exact) mass is 718 g/mol. The van der Waals surface area contributed by atoms with Crippen molar-refractivity contribution in [2.75, 3.05) is 39.3 Å². The Balaban J connectivity index is 1.06. The average Bonchev–Trinajstić information content (AvgIpc) is 3.98. The van der Waals surface area contributed by atoms with Gasteiger partial charge in [-0.05, 0) is 143 Å². The van der Waals surface area contributed by atoms with Gasteiger partial charge in [0.1, 0.15) is 30.8 Å². The lowest BCUT2D eigenvalue weighted by Crippen LogP contribution is -2.46. The highest BCUT2D eigenvalue weighted by molar-refractivity contribution is 7.22. The summed E-state index contributed by atoms with van der Waals surface area (Å²) in [4.78, 5) is 20.2. The molecule has 2 unspecified atom stereocenters. The normalized spacial score (nSPS) is 19.6. The minimum atomic E-state index is -0.496. The van der Waals surface area contributed by atoms with Crippen LogP contribution in [0.15, 0.2) is 91.0 Å². The van der Waals surface area contributed by atoms with Crippen molar-refractivity contribution in [3.05, 3.63) is 114 Å². The first-order valence-corrected chi connectivity index (χ1v) is 19.8. The number of hydrogen-bond donors (Lipinski definition) is 0. The first-order chi connectivity index (χ1) is 25.6. The number of likely N-dealkylation sites (tertiary alicyclic amines) is 2. The zero-order chi connectivity index (χ0) is 35.3. The van der Waals surface area contributed by atoms with Gasteiger partial charge >= 0.3 is 0 Å². The molecule has 3 aliphatic rings. The molecule has 2 saturated heterocycles. The average molecular weight is 719 g/mol. The van der Waals surface area contributed by atoms with Gasteiger partial charge in [0.2, 0.25) is 0 Å². The minimum absolute atomic E-state index is 0.0409. The van der Waals surface area contributed by atoms with Crippen LogP contribution >= 0.6 is 11.3 Å². The quantitative estimate of drug-likeness (QED) is 0.113. The van der Waals surface area contributed by atoms with Crippen LogP contribution in [0.3, 0.4) is 0 Å². The van der Waals surface area contributed by atoms with E-state index in [1.54, 1.807) is 23.5 Å². The fourth-order valence-electron chi connectivity index (χ4n) is 8.09. The van der Waals surface area contributed by atoms with Crippen LogP contribution in [0, 0.1) is 5.82 Å². The summed E-state index contributed by atoms with van der Waals surface area (Å²) in [5.74, 6) is 1.04. The van der Waals surface area contributed by atoms with Crippen LogP contribution in [-0.4, -0.2) is 67.1 Å². The second-order valence-corrected chi connectivity index (χ2v) is 15.4. The standard InChI is InChI=1S/C44H47FN2O4S/c45-37-28-33(16-21-39(37)51-40-13-5-4-12-38(40)47-24-8-9-25-47)43(48)42-36-20-19-35(50-30-31-10-2-1-3-11-31)29-41(36)52-44(42)32-14-17-34(18-15-32)49-27-26-46-22-6-7-23-46/h1-3,10-11,14-21,28-29,38,40H,4-9,12-13,22-27,30H2. The van der Waals surface area contributed by atoms with E-state index in [-0.39, 0.29) is 17.6 Å². The highest BCUT2D eigenvalue weighted by Gasteiger charge is 2.34. The van der Waals surface area contributed by atoms with Gasteiger partial charge in [-0.3, -0.25) is 14.6 Å². The minimum Gasteiger partial charge on any atom is -0.492 e. The summed E-state index contributed by atoms with van der Waals surface area (Å²) < 4.78 is 35.4. The summed E-state index contributed by atoms with van der Waals surface area (Å²) in [7, 11) is 0. The first kappa shape index (κ1) is 34.8. The van der Waals surface area contributed by atoms with E-state index in [4.69, 9.17) is 14.2 Å². The Bertz CT molecular complexity index is 1970. The van der Waals surface area contributed by atoms with Gasteiger partial charge in [0.05, 0.1) is 0 Å². The second kappa shape index (κ2) is 16.2. The molecule has 3 heterocycles. The number of nitrogens with zero attached hydrogens (tertiary/aromatic N) is 2. The molecule has 0 N–H and O–H groups in total. The van der Waals surface area contributed by atoms with Gasteiger partial charge in [-0.25, -0.2) is 4.39 Å². The van der Waals surface area contributed by atoms with Crippen LogP contribution in [0.25, 0.3) is 20.5 Å². The van der Waals surface area contributed by atoms with Crippen LogP contribution in [0.5, 0.6) is 17.2 Å². The number of hydrogen-bond acceptors (Lipinski definition) is 7. The molecule has 6 nitrogen and oxygen atoms in total. The van der Waals surface area contributed by atoms with Crippen molar-refractivity contribution in [3.8, 4) is 27.7 Å². The number of ether oxygens (including phenoxy) is 3. The zero-order valence-electron chi connectivity index (χ0n) is 29.7. The Kier molecular flexibility index (Phi) is 10.8. The number of thiophene rings is 1. The molecule has 0 bridgehead atoms. The van der Waals surface area contributed by atoms with Gasteiger partial charge in [-0.15, -0.1) is 11.3 Å². The molecule has 52 heavy (non-hydrogen) atoms. The highest BCUT2D eigenvalue weighted by Crippen LogP contribution is 2.42. The van der Waals surface area contributed by atoms with E-state index in [0.717, 1.165) is 89.6 Å². The molecule has 1 saturated carbocycles. The number of fused-ring (bicyclic) bond motifs is 1. The van der Waals surface area contributed by atoms with E-state index in [9.17, 15) is 4.79 Å². The lowest BCUT2D eigenvalue weighted by molar-refractivity contribution is 0.0460. The molecule has 8 rings (SSSR count). The van der Waals surface area contributed by atoms with E-state index in [2.05, 4.69) is 9.80 Å². The molecule has 0 amide bonds. The third-order valence-corrected chi connectivity index (χ3v) is 12.1. The Labute approximate surface area is 310 Å². The van der Waals surface area contributed by atoms with Crippen molar-refractivity contribution in [1.29, 1.82) is 0 Å². The molecule has 2 atom stereocenters. The number of rotatable bonds is 13. The predicted molar refractivity (Wildman–Crippen MR) is 207 cm³/mol. The number of benzene rings is 4. The number of carbonyl (C=O) groups is 1. The van der Waals surface area contributed by atoms with Crippen LogP contribution in [0.1, 0.15) is 72.9 Å². The molecule has 8 heteroatoms. The zero-order valence-corrected chi connectivity index (χ0v) is 30.6. The fourth-order valence-corrected chi connectivity index (χ4v) is 9.32. The van der Waals surface area contributed by atoms with Crippen LogP contribution < -0.4 is 14.2 Å². The molecule has 2 aliphatic heterocycles. The maximum atomic E-state index is 15.8. The third kappa shape index (κ3) is 7.89. The van der Waals surface area contributed by atoms with Gasteiger partial charge in [0, 0.05) is 38.7 Å². The topological polar surface area (TPSA) is 51.2 Å². The molecular weight excluding hydrogens is 672 g/mol. The second-order valence-electron chi connectivity index (χ2n) is 14.4. The van der Waals surface area contributed by atoms with Crippen molar-refractivity contribution in [3.63, 3.8) is 0 Å². The van der Waals surface area contributed by atoms with Crippen LogP contribution in [-0.2, 0) is 6.61 Å². The Morgan fingerprint density at radius 3 is 2.31 bits per heavy atom. The highest BCUT2D eigenvalue weighted by atomic mass is 32.1. The smallest absolute Gasteiger partial charge is 0.195 e. The molecule has 270 valence electrons. The van der Waals surface area contributed by atoms with Crippen LogP contribution in [0.4, 0.5) is 4.39 Å². The van der Waals surface area contributed by atoms with Gasteiger partial charge in [0.25, 0.3) is 0 Å². The lowest BCUT2D eigenvalue weighted by atomic mass is 9.91. The number of carbonyl (C=O) groups excluding carboxylic acids is 1. The first-order valence-electron chi connectivity index (χ1n) is 19.0. The van der Waals surface area contributed by atoms with Crippen molar-refractivity contribution in [2.24, 2.45) is 0 Å². The van der Waals surface area contributed by atoms with E-state index in [0.29, 0.717) is 30.4 Å². The van der Waals surface area contributed by atoms with Gasteiger partial charge < -0.3 is 14.2 Å². The van der Waals surface area contributed by atoms with E-state index >= 15 is 4.39 Å². The summed E-state index contributed by atoms with van der Waals surface area (Å²) in [6.45, 7) is 6.48. The maximum Gasteiger partial charge on any atom is 0.195 e. The summed E-state index contributed by atoms with van der Waals surface area (Å²) in [5.41, 5.74) is 2.86. The summed E-state index contributed by atoms with van der Waals surface area (Å²) >= 11 is 1.55. The molecule has 3 fully saturated rings. The predicted octanol–water partition coefficient (Wildman–Crippen LogP) is 9.78. The van der Waals surface area contributed by atoms with Crippen molar-refractivity contribution in [1.82, 2.24) is 9.80 Å². The molecule has 0 radical (unpaired) electrons.